The summed E-state index contributed by atoms with van der Waals surface area (Å²) in [7, 11) is 0. The quantitative estimate of drug-likeness (QED) is 0.577. The van der Waals surface area contributed by atoms with Crippen molar-refractivity contribution in [2.75, 3.05) is 6.54 Å². The number of pyridine rings is 2. The lowest BCUT2D eigenvalue weighted by Crippen LogP contribution is -2.44. The summed E-state index contributed by atoms with van der Waals surface area (Å²) in [5.74, 6) is -0.00730. The molecule has 0 N–H and O–H groups in total. The number of likely N-dealkylation sites (tertiary alicyclic amines) is 1. The highest BCUT2D eigenvalue weighted by Crippen LogP contribution is 2.31. The number of carbonyl (C=O) groups excluding carboxylic acids is 1. The number of aromatic nitrogens is 5. The zero-order chi connectivity index (χ0) is 23.8. The van der Waals surface area contributed by atoms with Gasteiger partial charge in [0.1, 0.15) is 11.8 Å². The molecule has 4 heterocycles. The van der Waals surface area contributed by atoms with Gasteiger partial charge in [-0.25, -0.2) is 9.97 Å². The maximum absolute atomic E-state index is 13.5. The molecule has 0 bridgehead atoms. The van der Waals surface area contributed by atoms with Gasteiger partial charge in [-0.3, -0.25) is 4.79 Å². The van der Waals surface area contributed by atoms with Crippen LogP contribution in [-0.4, -0.2) is 54.5 Å². The van der Waals surface area contributed by atoms with Crippen molar-refractivity contribution in [2.24, 2.45) is 5.92 Å². The zero-order valence-electron chi connectivity index (χ0n) is 18.3. The molecule has 0 aromatic carbocycles. The topological polar surface area (TPSA) is 86.0 Å². The maximum atomic E-state index is 13.5. The number of alkyl halides is 3. The van der Waals surface area contributed by atoms with Gasteiger partial charge in [0.25, 0.3) is 5.91 Å². The van der Waals surface area contributed by atoms with Crippen LogP contribution < -0.4 is 4.74 Å². The Bertz CT molecular complexity index is 1120. The van der Waals surface area contributed by atoms with Crippen LogP contribution in [0.25, 0.3) is 5.69 Å². The highest BCUT2D eigenvalue weighted by atomic mass is 19.4. The minimum Gasteiger partial charge on any atom is -0.472 e. The molecule has 3 atom stereocenters. The molecular formula is C22H23F3N6O2. The summed E-state index contributed by atoms with van der Waals surface area (Å²) in [6, 6.07) is 3.60. The van der Waals surface area contributed by atoms with E-state index < -0.39 is 17.8 Å². The van der Waals surface area contributed by atoms with Crippen LogP contribution in [0.5, 0.6) is 5.88 Å². The molecule has 1 amide bonds. The monoisotopic (exact) mass is 460 g/mol. The molecule has 0 spiro atoms. The molecule has 1 fully saturated rings. The molecule has 0 saturated carbocycles. The minimum atomic E-state index is -4.47. The summed E-state index contributed by atoms with van der Waals surface area (Å²) < 4.78 is 44.2. The number of ether oxygens (including phenoxy) is 1. The molecule has 174 valence electrons. The number of rotatable bonds is 5. The Morgan fingerprint density at radius 3 is 2.55 bits per heavy atom. The fraction of sp³-hybridized carbons (Fsp3) is 0.409. The van der Waals surface area contributed by atoms with Crippen molar-refractivity contribution in [3.63, 3.8) is 0 Å². The molecular weight excluding hydrogens is 437 g/mol. The molecule has 1 saturated heterocycles. The molecule has 11 heteroatoms. The highest BCUT2D eigenvalue weighted by Gasteiger charge is 2.39. The molecule has 3 aromatic heterocycles. The van der Waals surface area contributed by atoms with Crippen LogP contribution >= 0.6 is 0 Å². The number of amides is 1. The summed E-state index contributed by atoms with van der Waals surface area (Å²) in [4.78, 5) is 24.7. The van der Waals surface area contributed by atoms with E-state index in [2.05, 4.69) is 20.2 Å². The smallest absolute Gasteiger partial charge is 0.417 e. The van der Waals surface area contributed by atoms with Crippen LogP contribution in [-0.2, 0) is 6.18 Å². The fourth-order valence-electron chi connectivity index (χ4n) is 4.00. The Morgan fingerprint density at radius 2 is 1.91 bits per heavy atom. The normalized spacial score (nSPS) is 19.5. The predicted molar refractivity (Wildman–Crippen MR) is 112 cm³/mol. The van der Waals surface area contributed by atoms with Crippen LogP contribution in [0.3, 0.4) is 0 Å². The number of nitrogens with zero attached hydrogens (tertiary/aromatic N) is 6. The van der Waals surface area contributed by atoms with Gasteiger partial charge in [0.15, 0.2) is 5.69 Å². The lowest BCUT2D eigenvalue weighted by molar-refractivity contribution is -0.137. The van der Waals surface area contributed by atoms with Crippen LogP contribution in [0.15, 0.2) is 43.0 Å². The van der Waals surface area contributed by atoms with Crippen molar-refractivity contribution in [1.29, 1.82) is 0 Å². The average Bonchev–Trinajstić information content (AvgIpc) is 3.43. The van der Waals surface area contributed by atoms with Gasteiger partial charge in [0.2, 0.25) is 5.88 Å². The Balaban J connectivity index is 1.56. The van der Waals surface area contributed by atoms with E-state index in [0.29, 0.717) is 18.7 Å². The first-order chi connectivity index (χ1) is 15.6. The SMILES string of the molecule is Cc1cnc(C(=O)N2CC(C)CC2C(C)Oc2ccc(C(F)(F)F)cn2)c(-n2nccn2)c1. The second-order valence-electron chi connectivity index (χ2n) is 8.27. The molecule has 8 nitrogen and oxygen atoms in total. The highest BCUT2D eigenvalue weighted by molar-refractivity contribution is 5.96. The first kappa shape index (κ1) is 22.7. The molecule has 4 rings (SSSR count). The Morgan fingerprint density at radius 1 is 1.18 bits per heavy atom. The van der Waals surface area contributed by atoms with E-state index in [1.807, 2.05) is 13.8 Å². The number of hydrogen-bond acceptors (Lipinski definition) is 6. The van der Waals surface area contributed by atoms with Crippen molar-refractivity contribution >= 4 is 5.91 Å². The third kappa shape index (κ3) is 4.81. The number of hydrogen-bond donors (Lipinski definition) is 0. The Hall–Kier alpha value is -3.50. The predicted octanol–water partition coefficient (Wildman–Crippen LogP) is 3.70. The van der Waals surface area contributed by atoms with Crippen LogP contribution in [0.2, 0.25) is 0 Å². The molecule has 1 aliphatic heterocycles. The summed E-state index contributed by atoms with van der Waals surface area (Å²) >= 11 is 0. The summed E-state index contributed by atoms with van der Waals surface area (Å²) in [5, 5.41) is 8.26. The van der Waals surface area contributed by atoms with E-state index in [1.54, 1.807) is 24.1 Å². The van der Waals surface area contributed by atoms with E-state index in [1.165, 1.54) is 23.3 Å². The van der Waals surface area contributed by atoms with Gasteiger partial charge in [-0.15, -0.1) is 4.80 Å². The first-order valence-corrected chi connectivity index (χ1v) is 10.5. The first-order valence-electron chi connectivity index (χ1n) is 10.5. The fourth-order valence-corrected chi connectivity index (χ4v) is 4.00. The van der Waals surface area contributed by atoms with Crippen molar-refractivity contribution in [1.82, 2.24) is 29.9 Å². The van der Waals surface area contributed by atoms with Crippen molar-refractivity contribution in [3.05, 3.63) is 59.8 Å². The van der Waals surface area contributed by atoms with E-state index in [-0.39, 0.29) is 29.4 Å². The standard InChI is InChI=1S/C22H23F3N6O2/c1-13-8-18(31-28-6-7-29-31)20(27-10-13)21(32)30-12-14(2)9-17(30)15(3)33-19-5-4-16(11-26-19)22(23,24)25/h4-8,10-11,14-15,17H,9,12H2,1-3H3. The van der Waals surface area contributed by atoms with E-state index in [9.17, 15) is 18.0 Å². The van der Waals surface area contributed by atoms with Crippen molar-refractivity contribution < 1.29 is 22.7 Å². The zero-order valence-corrected chi connectivity index (χ0v) is 18.3. The van der Waals surface area contributed by atoms with Gasteiger partial charge in [-0.05, 0) is 43.9 Å². The van der Waals surface area contributed by atoms with E-state index >= 15 is 0 Å². The van der Waals surface area contributed by atoms with Gasteiger partial charge in [0, 0.05) is 25.0 Å². The minimum absolute atomic E-state index is 0.0670. The number of carbonyl (C=O) groups is 1. The largest absolute Gasteiger partial charge is 0.472 e. The molecule has 0 radical (unpaired) electrons. The van der Waals surface area contributed by atoms with Crippen molar-refractivity contribution in [2.45, 2.75) is 45.5 Å². The van der Waals surface area contributed by atoms with E-state index in [0.717, 1.165) is 17.8 Å². The van der Waals surface area contributed by atoms with Crippen LogP contribution in [0.4, 0.5) is 13.2 Å². The average molecular weight is 460 g/mol. The second-order valence-corrected chi connectivity index (χ2v) is 8.27. The third-order valence-electron chi connectivity index (χ3n) is 5.57. The Kier molecular flexibility index (Phi) is 6.05. The van der Waals surface area contributed by atoms with Gasteiger partial charge in [-0.2, -0.15) is 23.4 Å². The lowest BCUT2D eigenvalue weighted by Gasteiger charge is -2.29. The second kappa shape index (κ2) is 8.80. The lowest BCUT2D eigenvalue weighted by atomic mass is 10.0. The summed E-state index contributed by atoms with van der Waals surface area (Å²) in [6.45, 7) is 6.17. The maximum Gasteiger partial charge on any atom is 0.417 e. The molecule has 3 aromatic rings. The van der Waals surface area contributed by atoms with Gasteiger partial charge < -0.3 is 9.64 Å². The molecule has 1 aliphatic rings. The number of aryl methyl sites for hydroxylation is 1. The van der Waals surface area contributed by atoms with Gasteiger partial charge >= 0.3 is 6.18 Å². The Labute approximate surface area is 188 Å². The molecule has 3 unspecified atom stereocenters. The van der Waals surface area contributed by atoms with Crippen LogP contribution in [0.1, 0.15) is 41.9 Å². The van der Waals surface area contributed by atoms with Gasteiger partial charge in [-0.1, -0.05) is 6.92 Å². The van der Waals surface area contributed by atoms with Crippen LogP contribution in [0, 0.1) is 12.8 Å². The molecule has 0 aliphatic carbocycles. The number of halogens is 3. The van der Waals surface area contributed by atoms with Crippen molar-refractivity contribution in [3.8, 4) is 11.6 Å². The molecule has 33 heavy (non-hydrogen) atoms. The third-order valence-corrected chi connectivity index (χ3v) is 5.57. The summed E-state index contributed by atoms with van der Waals surface area (Å²) in [5.41, 5.74) is 0.700. The summed E-state index contributed by atoms with van der Waals surface area (Å²) in [6.07, 6.45) is 1.09. The van der Waals surface area contributed by atoms with E-state index in [4.69, 9.17) is 4.74 Å². The van der Waals surface area contributed by atoms with Gasteiger partial charge in [0.05, 0.1) is 24.0 Å².